The van der Waals surface area contributed by atoms with E-state index in [4.69, 9.17) is 16.2 Å². The Labute approximate surface area is 70.7 Å². The summed E-state index contributed by atoms with van der Waals surface area (Å²) in [6.45, 7) is 0. The Hall–Kier alpha value is -1.71. The average Bonchev–Trinajstić information content (AvgIpc) is 2.03. The van der Waals surface area contributed by atoms with Crippen LogP contribution in [0.4, 0.5) is 5.69 Å². The van der Waals surface area contributed by atoms with Gasteiger partial charge in [-0.1, -0.05) is 6.07 Å². The van der Waals surface area contributed by atoms with Crippen LogP contribution in [0.3, 0.4) is 0 Å². The lowest BCUT2D eigenvalue weighted by Crippen LogP contribution is -2.32. The van der Waals surface area contributed by atoms with Crippen LogP contribution in [-0.4, -0.2) is 18.1 Å². The standard InChI is InChI=1S/C8H11N3O/c1-11(8(9)10)6-3-2-4-7(12)5-6/h2-5,12H,1H3,(H3,9,10). The number of aromatic hydroxyl groups is 1. The summed E-state index contributed by atoms with van der Waals surface area (Å²) in [5.41, 5.74) is 5.94. The van der Waals surface area contributed by atoms with Crippen molar-refractivity contribution in [3.05, 3.63) is 24.3 Å². The van der Waals surface area contributed by atoms with E-state index in [2.05, 4.69) is 0 Å². The molecule has 4 heteroatoms. The molecule has 4 N–H and O–H groups in total. The molecular formula is C8H11N3O. The molecule has 0 aliphatic heterocycles. The van der Waals surface area contributed by atoms with Crippen LogP contribution in [-0.2, 0) is 0 Å². The first-order valence-corrected chi connectivity index (χ1v) is 3.48. The zero-order valence-corrected chi connectivity index (χ0v) is 6.78. The summed E-state index contributed by atoms with van der Waals surface area (Å²) in [6, 6.07) is 6.57. The highest BCUT2D eigenvalue weighted by Gasteiger charge is 2.02. The van der Waals surface area contributed by atoms with Gasteiger partial charge in [-0.25, -0.2) is 0 Å². The van der Waals surface area contributed by atoms with Gasteiger partial charge in [-0.2, -0.15) is 0 Å². The molecule has 0 aliphatic carbocycles. The largest absolute Gasteiger partial charge is 0.508 e. The highest BCUT2D eigenvalue weighted by Crippen LogP contribution is 2.17. The van der Waals surface area contributed by atoms with E-state index in [9.17, 15) is 0 Å². The lowest BCUT2D eigenvalue weighted by Gasteiger charge is -2.16. The van der Waals surface area contributed by atoms with Gasteiger partial charge in [-0.05, 0) is 12.1 Å². The number of anilines is 1. The normalized spacial score (nSPS) is 9.42. The molecule has 0 aromatic heterocycles. The van der Waals surface area contributed by atoms with E-state index in [1.165, 1.54) is 4.90 Å². The number of benzene rings is 1. The van der Waals surface area contributed by atoms with E-state index in [0.717, 1.165) is 0 Å². The van der Waals surface area contributed by atoms with E-state index in [-0.39, 0.29) is 11.7 Å². The van der Waals surface area contributed by atoms with Gasteiger partial charge in [0.25, 0.3) is 0 Å². The second-order valence-corrected chi connectivity index (χ2v) is 2.46. The monoisotopic (exact) mass is 165 g/mol. The fourth-order valence-corrected chi connectivity index (χ4v) is 0.841. The topological polar surface area (TPSA) is 73.3 Å². The number of guanidine groups is 1. The van der Waals surface area contributed by atoms with Crippen LogP contribution in [0, 0.1) is 5.41 Å². The van der Waals surface area contributed by atoms with Crippen LogP contribution in [0.15, 0.2) is 24.3 Å². The van der Waals surface area contributed by atoms with Crippen molar-refractivity contribution in [2.75, 3.05) is 11.9 Å². The summed E-state index contributed by atoms with van der Waals surface area (Å²) < 4.78 is 0. The summed E-state index contributed by atoms with van der Waals surface area (Å²) in [5, 5.41) is 16.2. The molecule has 1 rings (SSSR count). The lowest BCUT2D eigenvalue weighted by molar-refractivity contribution is 0.475. The van der Waals surface area contributed by atoms with Crippen molar-refractivity contribution < 1.29 is 5.11 Å². The van der Waals surface area contributed by atoms with Gasteiger partial charge in [-0.3, -0.25) is 5.41 Å². The minimum atomic E-state index is -0.0550. The summed E-state index contributed by atoms with van der Waals surface area (Å²) in [5.74, 6) is 0.112. The number of rotatable bonds is 1. The maximum atomic E-state index is 9.11. The molecule has 0 saturated heterocycles. The first-order valence-electron chi connectivity index (χ1n) is 3.48. The lowest BCUT2D eigenvalue weighted by atomic mass is 10.3. The number of hydrogen-bond acceptors (Lipinski definition) is 2. The van der Waals surface area contributed by atoms with Crippen molar-refractivity contribution in [2.24, 2.45) is 5.73 Å². The highest BCUT2D eigenvalue weighted by atomic mass is 16.3. The SMILES string of the molecule is CN(C(=N)N)c1cccc(O)c1. The summed E-state index contributed by atoms with van der Waals surface area (Å²) in [6.07, 6.45) is 0. The first-order chi connectivity index (χ1) is 5.61. The number of nitrogens with two attached hydrogens (primary N) is 1. The second-order valence-electron chi connectivity index (χ2n) is 2.46. The van der Waals surface area contributed by atoms with Gasteiger partial charge in [-0.15, -0.1) is 0 Å². The van der Waals surface area contributed by atoms with E-state index < -0.39 is 0 Å². The van der Waals surface area contributed by atoms with Gasteiger partial charge in [0.15, 0.2) is 5.96 Å². The van der Waals surface area contributed by atoms with Crippen LogP contribution < -0.4 is 10.6 Å². The zero-order valence-electron chi connectivity index (χ0n) is 6.78. The highest BCUT2D eigenvalue weighted by molar-refractivity contribution is 5.91. The van der Waals surface area contributed by atoms with Crippen LogP contribution in [0.25, 0.3) is 0 Å². The van der Waals surface area contributed by atoms with E-state index >= 15 is 0 Å². The predicted octanol–water partition coefficient (Wildman–Crippen LogP) is 0.722. The first kappa shape index (κ1) is 8.39. The molecule has 0 aliphatic rings. The van der Waals surface area contributed by atoms with Crippen molar-refractivity contribution in [2.45, 2.75) is 0 Å². The molecule has 0 radical (unpaired) electrons. The fourth-order valence-electron chi connectivity index (χ4n) is 0.841. The summed E-state index contributed by atoms with van der Waals surface area (Å²) in [4.78, 5) is 1.47. The third-order valence-electron chi connectivity index (χ3n) is 1.58. The molecular weight excluding hydrogens is 154 g/mol. The molecule has 0 bridgehead atoms. The van der Waals surface area contributed by atoms with E-state index in [1.54, 1.807) is 31.3 Å². The van der Waals surface area contributed by atoms with E-state index in [0.29, 0.717) is 5.69 Å². The van der Waals surface area contributed by atoms with Crippen molar-refractivity contribution in [1.29, 1.82) is 5.41 Å². The number of phenols is 1. The zero-order chi connectivity index (χ0) is 9.14. The van der Waals surface area contributed by atoms with Gasteiger partial charge in [0.05, 0.1) is 0 Å². The maximum absolute atomic E-state index is 9.11. The molecule has 0 spiro atoms. The van der Waals surface area contributed by atoms with Crippen molar-refractivity contribution >= 4 is 11.6 Å². The molecule has 1 aromatic rings. The molecule has 0 atom stereocenters. The smallest absolute Gasteiger partial charge is 0.192 e. The number of phenolic OH excluding ortho intramolecular Hbond substituents is 1. The molecule has 4 nitrogen and oxygen atoms in total. The fraction of sp³-hybridized carbons (Fsp3) is 0.125. The maximum Gasteiger partial charge on any atom is 0.192 e. The van der Waals surface area contributed by atoms with Gasteiger partial charge < -0.3 is 15.7 Å². The van der Waals surface area contributed by atoms with Gasteiger partial charge in [0, 0.05) is 18.8 Å². The van der Waals surface area contributed by atoms with E-state index in [1.807, 2.05) is 0 Å². The Kier molecular flexibility index (Phi) is 2.19. The summed E-state index contributed by atoms with van der Waals surface area (Å²) >= 11 is 0. The Morgan fingerprint density at radius 1 is 1.58 bits per heavy atom. The van der Waals surface area contributed by atoms with Crippen LogP contribution >= 0.6 is 0 Å². The molecule has 0 unspecified atom stereocenters. The number of nitrogens with one attached hydrogen (secondary N) is 1. The molecule has 0 saturated carbocycles. The van der Waals surface area contributed by atoms with Crippen molar-refractivity contribution in [3.8, 4) is 5.75 Å². The van der Waals surface area contributed by atoms with Crippen LogP contribution in [0.1, 0.15) is 0 Å². The third kappa shape index (κ3) is 1.66. The minimum absolute atomic E-state index is 0.0550. The molecule has 12 heavy (non-hydrogen) atoms. The molecule has 1 aromatic carbocycles. The quantitative estimate of drug-likeness (QED) is 0.424. The Balaban J connectivity index is 2.95. The minimum Gasteiger partial charge on any atom is -0.508 e. The third-order valence-corrected chi connectivity index (χ3v) is 1.58. The van der Waals surface area contributed by atoms with Gasteiger partial charge >= 0.3 is 0 Å². The molecule has 0 heterocycles. The Morgan fingerprint density at radius 3 is 2.75 bits per heavy atom. The molecule has 64 valence electrons. The van der Waals surface area contributed by atoms with Crippen LogP contribution in [0.5, 0.6) is 5.75 Å². The van der Waals surface area contributed by atoms with Crippen molar-refractivity contribution in [3.63, 3.8) is 0 Å². The Bertz CT molecular complexity index is 298. The number of nitrogens with zero attached hydrogens (tertiary/aromatic N) is 1. The number of hydrogen-bond donors (Lipinski definition) is 3. The summed E-state index contributed by atoms with van der Waals surface area (Å²) in [7, 11) is 1.66. The van der Waals surface area contributed by atoms with Crippen LogP contribution in [0.2, 0.25) is 0 Å². The Morgan fingerprint density at radius 2 is 2.25 bits per heavy atom. The molecule has 0 amide bonds. The average molecular weight is 165 g/mol. The molecule has 0 fully saturated rings. The predicted molar refractivity (Wildman–Crippen MR) is 48.4 cm³/mol. The second kappa shape index (κ2) is 3.13. The van der Waals surface area contributed by atoms with Gasteiger partial charge in [0.2, 0.25) is 0 Å². The van der Waals surface area contributed by atoms with Gasteiger partial charge in [0.1, 0.15) is 5.75 Å². The van der Waals surface area contributed by atoms with Crippen molar-refractivity contribution in [1.82, 2.24) is 0 Å².